The van der Waals surface area contributed by atoms with Crippen molar-refractivity contribution in [1.82, 2.24) is 4.98 Å². The lowest BCUT2D eigenvalue weighted by Gasteiger charge is -2.08. The number of nitrogens with zero attached hydrogens (tertiary/aromatic N) is 1. The molecule has 0 aliphatic carbocycles. The predicted molar refractivity (Wildman–Crippen MR) is 71.4 cm³/mol. The normalized spacial score (nSPS) is 10.4. The van der Waals surface area contributed by atoms with E-state index in [0.717, 1.165) is 22.2 Å². The summed E-state index contributed by atoms with van der Waals surface area (Å²) < 4.78 is 5.75. The Morgan fingerprint density at radius 1 is 1.00 bits per heavy atom. The van der Waals surface area contributed by atoms with E-state index in [4.69, 9.17) is 4.74 Å². The first-order chi connectivity index (χ1) is 8.93. The van der Waals surface area contributed by atoms with Crippen molar-refractivity contribution in [3.8, 4) is 5.75 Å². The molecule has 0 saturated heterocycles. The van der Waals surface area contributed by atoms with E-state index in [-0.39, 0.29) is 0 Å². The third kappa shape index (κ3) is 2.18. The van der Waals surface area contributed by atoms with Crippen LogP contribution in [0.4, 0.5) is 0 Å². The lowest BCUT2D eigenvalue weighted by atomic mass is 10.1. The molecule has 18 heavy (non-hydrogen) atoms. The predicted octanol–water partition coefficient (Wildman–Crippen LogP) is 3.61. The van der Waals surface area contributed by atoms with Gasteiger partial charge in [-0.15, -0.1) is 0 Å². The Balaban J connectivity index is 1.87. The lowest BCUT2D eigenvalue weighted by Crippen LogP contribution is -1.96. The number of fused-ring (bicyclic) bond motifs is 1. The zero-order valence-corrected chi connectivity index (χ0v) is 9.84. The van der Waals surface area contributed by atoms with Crippen LogP contribution in [0.1, 0.15) is 5.56 Å². The maximum absolute atomic E-state index is 5.75. The van der Waals surface area contributed by atoms with Crippen molar-refractivity contribution in [1.29, 1.82) is 0 Å². The lowest BCUT2D eigenvalue weighted by molar-refractivity contribution is 0.307. The Morgan fingerprint density at radius 2 is 1.83 bits per heavy atom. The molecule has 2 aromatic carbocycles. The molecule has 0 amide bonds. The highest BCUT2D eigenvalue weighted by molar-refractivity contribution is 5.81. The molecule has 2 nitrogen and oxygen atoms in total. The van der Waals surface area contributed by atoms with E-state index in [9.17, 15) is 0 Å². The van der Waals surface area contributed by atoms with Gasteiger partial charge in [-0.25, -0.2) is 0 Å². The zero-order valence-electron chi connectivity index (χ0n) is 9.84. The number of aromatic nitrogens is 1. The Kier molecular flexibility index (Phi) is 2.92. The minimum Gasteiger partial charge on any atom is -0.489 e. The zero-order chi connectivity index (χ0) is 12.2. The van der Waals surface area contributed by atoms with Crippen LogP contribution in [0, 0.1) is 6.07 Å². The van der Waals surface area contributed by atoms with E-state index in [2.05, 4.69) is 17.1 Å². The molecule has 1 radical (unpaired) electrons. The minimum absolute atomic E-state index is 0.549. The van der Waals surface area contributed by atoms with Crippen LogP contribution in [0.3, 0.4) is 0 Å². The standard InChI is InChI=1S/C16H12NO/c1-2-6-14(7-3-1)18-12-13-10-11-17-16-9-5-4-8-15(13)16/h2-11H,12H2. The molecule has 0 unspecified atom stereocenters. The topological polar surface area (TPSA) is 22.1 Å². The Labute approximate surface area is 106 Å². The summed E-state index contributed by atoms with van der Waals surface area (Å²) in [6.07, 6.45) is 1.82. The van der Waals surface area contributed by atoms with Gasteiger partial charge in [-0.05, 0) is 30.3 Å². The van der Waals surface area contributed by atoms with Crippen LogP contribution < -0.4 is 4.74 Å². The first kappa shape index (κ1) is 10.8. The molecule has 0 bridgehead atoms. The smallest absolute Gasteiger partial charge is 0.119 e. The molecule has 0 saturated carbocycles. The van der Waals surface area contributed by atoms with Gasteiger partial charge in [0.2, 0.25) is 0 Å². The number of hydrogen-bond acceptors (Lipinski definition) is 2. The second kappa shape index (κ2) is 4.88. The Morgan fingerprint density at radius 3 is 2.72 bits per heavy atom. The van der Waals surface area contributed by atoms with Crippen molar-refractivity contribution in [2.75, 3.05) is 0 Å². The van der Waals surface area contributed by atoms with Gasteiger partial charge in [0.25, 0.3) is 0 Å². The van der Waals surface area contributed by atoms with Crippen LogP contribution in [0.2, 0.25) is 0 Å². The SMILES string of the molecule is [c]1ccc(OCc2ccnc3ccccc23)cc1. The van der Waals surface area contributed by atoms with Gasteiger partial charge in [-0.3, -0.25) is 4.98 Å². The van der Waals surface area contributed by atoms with E-state index in [1.54, 1.807) is 0 Å². The van der Waals surface area contributed by atoms with Crippen LogP contribution in [0.25, 0.3) is 10.9 Å². The van der Waals surface area contributed by atoms with Crippen LogP contribution >= 0.6 is 0 Å². The third-order valence-corrected chi connectivity index (χ3v) is 2.82. The molecule has 3 rings (SSSR count). The monoisotopic (exact) mass is 234 g/mol. The van der Waals surface area contributed by atoms with Crippen LogP contribution in [0.5, 0.6) is 5.75 Å². The van der Waals surface area contributed by atoms with E-state index >= 15 is 0 Å². The minimum atomic E-state index is 0.549. The molecule has 2 heteroatoms. The fraction of sp³-hybridized carbons (Fsp3) is 0.0625. The maximum Gasteiger partial charge on any atom is 0.119 e. The van der Waals surface area contributed by atoms with Crippen molar-refractivity contribution in [3.05, 3.63) is 72.4 Å². The van der Waals surface area contributed by atoms with Gasteiger partial charge in [0.1, 0.15) is 12.4 Å². The molecule has 0 atom stereocenters. The van der Waals surface area contributed by atoms with Crippen molar-refractivity contribution in [2.24, 2.45) is 0 Å². The highest BCUT2D eigenvalue weighted by atomic mass is 16.5. The molecular formula is C16H12NO. The molecule has 0 N–H and O–H groups in total. The number of pyridine rings is 1. The summed E-state index contributed by atoms with van der Waals surface area (Å²) in [5.74, 6) is 0.856. The number of ether oxygens (including phenoxy) is 1. The van der Waals surface area contributed by atoms with Gasteiger partial charge in [-0.2, -0.15) is 0 Å². The molecule has 0 fully saturated rings. The van der Waals surface area contributed by atoms with E-state index in [1.165, 1.54) is 0 Å². The summed E-state index contributed by atoms with van der Waals surface area (Å²) in [6.45, 7) is 0.549. The first-order valence-corrected chi connectivity index (χ1v) is 5.85. The highest BCUT2D eigenvalue weighted by Gasteiger charge is 2.01. The maximum atomic E-state index is 5.75. The van der Waals surface area contributed by atoms with Crippen LogP contribution in [-0.4, -0.2) is 4.98 Å². The molecule has 1 heterocycles. The average Bonchev–Trinajstić information content (AvgIpc) is 2.46. The fourth-order valence-corrected chi connectivity index (χ4v) is 1.91. The molecule has 0 aliphatic heterocycles. The van der Waals surface area contributed by atoms with E-state index < -0.39 is 0 Å². The Hall–Kier alpha value is -2.35. The summed E-state index contributed by atoms with van der Waals surface area (Å²) in [5, 5.41) is 1.14. The summed E-state index contributed by atoms with van der Waals surface area (Å²) in [7, 11) is 0. The van der Waals surface area contributed by atoms with Crippen molar-refractivity contribution in [2.45, 2.75) is 6.61 Å². The molecule has 0 aliphatic rings. The quantitative estimate of drug-likeness (QED) is 0.690. The van der Waals surface area contributed by atoms with Gasteiger partial charge in [0.15, 0.2) is 0 Å². The Bertz CT molecular complexity index is 644. The highest BCUT2D eigenvalue weighted by Crippen LogP contribution is 2.18. The van der Waals surface area contributed by atoms with Crippen molar-refractivity contribution >= 4 is 10.9 Å². The summed E-state index contributed by atoms with van der Waals surface area (Å²) >= 11 is 0. The van der Waals surface area contributed by atoms with Gasteiger partial charge >= 0.3 is 0 Å². The summed E-state index contributed by atoms with van der Waals surface area (Å²) in [5.41, 5.74) is 2.15. The van der Waals surface area contributed by atoms with Gasteiger partial charge < -0.3 is 4.74 Å². The van der Waals surface area contributed by atoms with E-state index in [0.29, 0.717) is 6.61 Å². The van der Waals surface area contributed by atoms with Gasteiger partial charge in [0, 0.05) is 17.1 Å². The second-order valence-corrected chi connectivity index (χ2v) is 4.01. The molecule has 3 aromatic rings. The van der Waals surface area contributed by atoms with Crippen molar-refractivity contribution < 1.29 is 4.74 Å². The fourth-order valence-electron chi connectivity index (χ4n) is 1.91. The first-order valence-electron chi connectivity index (χ1n) is 5.85. The number of para-hydroxylation sites is 1. The van der Waals surface area contributed by atoms with Gasteiger partial charge in [0.05, 0.1) is 5.52 Å². The average molecular weight is 234 g/mol. The molecular weight excluding hydrogens is 222 g/mol. The number of rotatable bonds is 3. The van der Waals surface area contributed by atoms with Gasteiger partial charge in [-0.1, -0.05) is 30.3 Å². The second-order valence-electron chi connectivity index (χ2n) is 4.01. The summed E-state index contributed by atoms with van der Waals surface area (Å²) in [6, 6.07) is 20.6. The van der Waals surface area contributed by atoms with E-state index in [1.807, 2.05) is 54.7 Å². The van der Waals surface area contributed by atoms with Crippen LogP contribution in [-0.2, 0) is 6.61 Å². The van der Waals surface area contributed by atoms with Crippen LogP contribution in [0.15, 0.2) is 60.8 Å². The molecule has 1 aromatic heterocycles. The third-order valence-electron chi connectivity index (χ3n) is 2.82. The number of benzene rings is 2. The molecule has 87 valence electrons. The number of hydrogen-bond donors (Lipinski definition) is 0. The largest absolute Gasteiger partial charge is 0.489 e. The van der Waals surface area contributed by atoms with Crippen molar-refractivity contribution in [3.63, 3.8) is 0 Å². The molecule has 0 spiro atoms. The summed E-state index contributed by atoms with van der Waals surface area (Å²) in [4.78, 5) is 4.34.